The van der Waals surface area contributed by atoms with E-state index in [9.17, 15) is 4.79 Å². The van der Waals surface area contributed by atoms with Crippen molar-refractivity contribution in [3.05, 3.63) is 22.3 Å². The molecule has 5 heteroatoms. The van der Waals surface area contributed by atoms with E-state index >= 15 is 0 Å². The SMILES string of the molecule is O=Cc1cc(Br)cnc1N=C=S. The molecule has 1 aromatic heterocycles. The third-order valence-corrected chi connectivity index (χ3v) is 1.67. The largest absolute Gasteiger partial charge is 0.298 e. The lowest BCUT2D eigenvalue weighted by Gasteiger charge is -1.95. The lowest BCUT2D eigenvalue weighted by Crippen LogP contribution is -1.84. The van der Waals surface area contributed by atoms with E-state index in [1.807, 2.05) is 0 Å². The quantitative estimate of drug-likeness (QED) is 0.455. The summed E-state index contributed by atoms with van der Waals surface area (Å²) in [7, 11) is 0. The van der Waals surface area contributed by atoms with Crippen molar-refractivity contribution in [3.8, 4) is 0 Å². The van der Waals surface area contributed by atoms with Gasteiger partial charge in [-0.3, -0.25) is 4.79 Å². The Morgan fingerprint density at radius 2 is 2.50 bits per heavy atom. The van der Waals surface area contributed by atoms with Crippen molar-refractivity contribution >= 4 is 45.4 Å². The van der Waals surface area contributed by atoms with Crippen LogP contribution in [0.3, 0.4) is 0 Å². The molecule has 60 valence electrons. The van der Waals surface area contributed by atoms with E-state index in [-0.39, 0.29) is 0 Å². The van der Waals surface area contributed by atoms with Gasteiger partial charge in [0.1, 0.15) is 0 Å². The maximum Gasteiger partial charge on any atom is 0.173 e. The van der Waals surface area contributed by atoms with E-state index in [0.717, 1.165) is 4.47 Å². The summed E-state index contributed by atoms with van der Waals surface area (Å²) in [5.41, 5.74) is 0.390. The number of nitrogens with zero attached hydrogens (tertiary/aromatic N) is 2. The van der Waals surface area contributed by atoms with Crippen LogP contribution < -0.4 is 0 Å². The summed E-state index contributed by atoms with van der Waals surface area (Å²) >= 11 is 7.57. The lowest BCUT2D eigenvalue weighted by atomic mass is 10.3. The van der Waals surface area contributed by atoms with Gasteiger partial charge >= 0.3 is 0 Å². The average molecular weight is 243 g/mol. The molecule has 0 saturated heterocycles. The molecule has 3 nitrogen and oxygen atoms in total. The number of halogens is 1. The van der Waals surface area contributed by atoms with Gasteiger partial charge in [-0.1, -0.05) is 0 Å². The highest BCUT2D eigenvalue weighted by Crippen LogP contribution is 2.17. The Morgan fingerprint density at radius 1 is 1.75 bits per heavy atom. The molecule has 0 N–H and O–H groups in total. The van der Waals surface area contributed by atoms with Gasteiger partial charge in [0, 0.05) is 10.7 Å². The Kier molecular flexibility index (Phi) is 3.22. The van der Waals surface area contributed by atoms with Crippen molar-refractivity contribution in [2.75, 3.05) is 0 Å². The summed E-state index contributed by atoms with van der Waals surface area (Å²) < 4.78 is 0.730. The fourth-order valence-corrected chi connectivity index (χ4v) is 1.11. The van der Waals surface area contributed by atoms with Crippen LogP contribution in [0, 0.1) is 0 Å². The summed E-state index contributed by atoms with van der Waals surface area (Å²) in [4.78, 5) is 18.0. The predicted octanol–water partition coefficient (Wildman–Crippen LogP) is 2.39. The molecule has 0 aliphatic carbocycles. The van der Waals surface area contributed by atoms with Gasteiger partial charge in [0.05, 0.1) is 10.7 Å². The number of hydrogen-bond acceptors (Lipinski definition) is 4. The van der Waals surface area contributed by atoms with Crippen LogP contribution in [-0.4, -0.2) is 16.4 Å². The summed E-state index contributed by atoms with van der Waals surface area (Å²) in [6.07, 6.45) is 2.21. The van der Waals surface area contributed by atoms with Crippen molar-refractivity contribution in [2.45, 2.75) is 0 Å². The summed E-state index contributed by atoms with van der Waals surface area (Å²) in [6.45, 7) is 0. The minimum atomic E-state index is 0.295. The molecule has 0 aromatic carbocycles. The minimum Gasteiger partial charge on any atom is -0.298 e. The van der Waals surface area contributed by atoms with Crippen molar-refractivity contribution in [1.29, 1.82) is 0 Å². The van der Waals surface area contributed by atoms with Crippen LogP contribution >= 0.6 is 28.1 Å². The number of pyridine rings is 1. The number of carbonyl (C=O) groups is 1. The highest BCUT2D eigenvalue weighted by Gasteiger charge is 2.01. The van der Waals surface area contributed by atoms with Crippen LogP contribution in [0.5, 0.6) is 0 Å². The first-order valence-corrected chi connectivity index (χ1v) is 4.16. The number of thiocarbonyl (C=S) groups is 1. The number of aromatic nitrogens is 1. The molecule has 0 saturated carbocycles. The Balaban J connectivity index is 3.28. The smallest absolute Gasteiger partial charge is 0.173 e. The number of carbonyl (C=O) groups excluding carboxylic acids is 1. The van der Waals surface area contributed by atoms with Crippen LogP contribution in [0.4, 0.5) is 5.82 Å². The third-order valence-electron chi connectivity index (χ3n) is 1.14. The molecule has 0 aliphatic rings. The Morgan fingerprint density at radius 3 is 3.08 bits per heavy atom. The van der Waals surface area contributed by atoms with Gasteiger partial charge in [-0.25, -0.2) is 4.98 Å². The molecular weight excluding hydrogens is 240 g/mol. The van der Waals surface area contributed by atoms with E-state index in [4.69, 9.17) is 0 Å². The molecule has 0 fully saturated rings. The van der Waals surface area contributed by atoms with Crippen LogP contribution in [0.15, 0.2) is 21.7 Å². The van der Waals surface area contributed by atoms with Crippen molar-refractivity contribution in [2.24, 2.45) is 4.99 Å². The normalized spacial score (nSPS) is 8.75. The van der Waals surface area contributed by atoms with Gasteiger partial charge in [-0.2, -0.15) is 4.99 Å². The standard InChI is InChI=1S/C7H3BrN2OS/c8-6-1-5(3-11)7(9-2-6)10-4-12/h1-3H. The van der Waals surface area contributed by atoms with Gasteiger partial charge in [-0.15, -0.1) is 0 Å². The zero-order chi connectivity index (χ0) is 8.97. The third kappa shape index (κ3) is 2.04. The summed E-state index contributed by atoms with van der Waals surface area (Å²) in [5.74, 6) is 0.295. The van der Waals surface area contributed by atoms with E-state index < -0.39 is 0 Å². The molecule has 0 unspecified atom stereocenters. The molecule has 0 radical (unpaired) electrons. The fourth-order valence-electron chi connectivity index (χ4n) is 0.671. The highest BCUT2D eigenvalue weighted by molar-refractivity contribution is 9.10. The zero-order valence-electron chi connectivity index (χ0n) is 5.82. The average Bonchev–Trinajstić information content (AvgIpc) is 2.08. The number of rotatable bonds is 2. The molecule has 1 heterocycles. The molecule has 0 atom stereocenters. The lowest BCUT2D eigenvalue weighted by molar-refractivity contribution is 0.112. The molecular formula is C7H3BrN2OS. The number of aldehydes is 1. The zero-order valence-corrected chi connectivity index (χ0v) is 8.22. The first-order chi connectivity index (χ1) is 5.77. The Hall–Kier alpha value is -0.900. The first kappa shape index (κ1) is 9.19. The predicted molar refractivity (Wildman–Crippen MR) is 52.0 cm³/mol. The summed E-state index contributed by atoms with van der Waals surface area (Å²) in [5, 5.41) is 2.15. The maximum absolute atomic E-state index is 10.5. The van der Waals surface area contributed by atoms with E-state index in [0.29, 0.717) is 17.7 Å². The molecule has 0 spiro atoms. The van der Waals surface area contributed by atoms with Crippen LogP contribution in [0.1, 0.15) is 10.4 Å². The van der Waals surface area contributed by atoms with Crippen molar-refractivity contribution < 1.29 is 4.79 Å². The van der Waals surface area contributed by atoms with Gasteiger partial charge in [0.2, 0.25) is 0 Å². The van der Waals surface area contributed by atoms with Crippen molar-refractivity contribution in [1.82, 2.24) is 4.98 Å². The first-order valence-electron chi connectivity index (χ1n) is 2.96. The van der Waals surface area contributed by atoms with Gasteiger partial charge in [0.25, 0.3) is 0 Å². The minimum absolute atomic E-state index is 0.295. The maximum atomic E-state index is 10.5. The number of isothiocyanates is 1. The molecule has 0 bridgehead atoms. The number of hydrogen-bond donors (Lipinski definition) is 0. The van der Waals surface area contributed by atoms with Crippen LogP contribution in [0.2, 0.25) is 0 Å². The molecule has 0 aliphatic heterocycles. The van der Waals surface area contributed by atoms with Gasteiger partial charge in [-0.05, 0) is 34.2 Å². The molecule has 12 heavy (non-hydrogen) atoms. The second-order valence-corrected chi connectivity index (χ2v) is 2.99. The second-order valence-electron chi connectivity index (χ2n) is 1.89. The van der Waals surface area contributed by atoms with Gasteiger partial charge in [0.15, 0.2) is 12.1 Å². The van der Waals surface area contributed by atoms with E-state index in [1.165, 1.54) is 0 Å². The molecule has 1 rings (SSSR count). The Bertz CT molecular complexity index is 360. The van der Waals surface area contributed by atoms with Crippen LogP contribution in [-0.2, 0) is 0 Å². The Labute approximate surface area is 82.7 Å². The number of aliphatic imine (C=N–C) groups is 1. The van der Waals surface area contributed by atoms with E-state index in [1.54, 1.807) is 12.3 Å². The van der Waals surface area contributed by atoms with Crippen molar-refractivity contribution in [3.63, 3.8) is 0 Å². The monoisotopic (exact) mass is 242 g/mol. The highest BCUT2D eigenvalue weighted by atomic mass is 79.9. The second kappa shape index (κ2) is 4.21. The topological polar surface area (TPSA) is 42.3 Å². The molecule has 1 aromatic rings. The van der Waals surface area contributed by atoms with E-state index in [2.05, 4.69) is 43.3 Å². The fraction of sp³-hybridized carbons (Fsp3) is 0. The molecule has 0 amide bonds. The van der Waals surface area contributed by atoms with Crippen LogP contribution in [0.25, 0.3) is 0 Å². The summed E-state index contributed by atoms with van der Waals surface area (Å²) in [6, 6.07) is 1.62. The van der Waals surface area contributed by atoms with Gasteiger partial charge < -0.3 is 0 Å².